The average Bonchev–Trinajstić information content (AvgIpc) is 2.51. The second kappa shape index (κ2) is 9.76. The van der Waals surface area contributed by atoms with Crippen LogP contribution in [0.3, 0.4) is 0 Å². The lowest BCUT2D eigenvalue weighted by Gasteiger charge is -2.18. The van der Waals surface area contributed by atoms with Crippen molar-refractivity contribution in [3.63, 3.8) is 0 Å². The smallest absolute Gasteiger partial charge is 0.315 e. The molecule has 0 saturated heterocycles. The first kappa shape index (κ1) is 17.9. The van der Waals surface area contributed by atoms with Gasteiger partial charge in [0.25, 0.3) is 0 Å². The van der Waals surface area contributed by atoms with Crippen molar-refractivity contribution in [3.05, 3.63) is 35.6 Å². The van der Waals surface area contributed by atoms with Crippen molar-refractivity contribution in [2.24, 2.45) is 0 Å². The molecule has 22 heavy (non-hydrogen) atoms. The fourth-order valence-corrected chi connectivity index (χ4v) is 1.92. The number of halogens is 1. The molecule has 0 aliphatic carbocycles. The number of hydrogen-bond donors (Lipinski definition) is 3. The van der Waals surface area contributed by atoms with Crippen LogP contribution in [-0.2, 0) is 11.3 Å². The van der Waals surface area contributed by atoms with Crippen molar-refractivity contribution in [2.45, 2.75) is 45.7 Å². The van der Waals surface area contributed by atoms with Crippen LogP contribution in [0.15, 0.2) is 24.3 Å². The van der Waals surface area contributed by atoms with E-state index >= 15 is 0 Å². The van der Waals surface area contributed by atoms with Crippen molar-refractivity contribution in [1.29, 1.82) is 0 Å². The first-order valence-electron chi connectivity index (χ1n) is 7.63. The molecule has 0 unspecified atom stereocenters. The lowest BCUT2D eigenvalue weighted by Crippen LogP contribution is -2.49. The molecule has 1 aromatic rings. The molecule has 0 aliphatic heterocycles. The van der Waals surface area contributed by atoms with E-state index in [1.807, 2.05) is 13.8 Å². The third kappa shape index (κ3) is 6.56. The molecule has 1 rings (SSSR count). The normalized spacial score (nSPS) is 11.6. The zero-order chi connectivity index (χ0) is 16.4. The maximum atomic E-state index is 12.8. The molecule has 0 aromatic heterocycles. The molecule has 0 radical (unpaired) electrons. The van der Waals surface area contributed by atoms with E-state index in [-0.39, 0.29) is 18.3 Å². The summed E-state index contributed by atoms with van der Waals surface area (Å²) in [4.78, 5) is 23.8. The molecule has 0 spiro atoms. The quantitative estimate of drug-likeness (QED) is 0.690. The van der Waals surface area contributed by atoms with Gasteiger partial charge in [0.15, 0.2) is 0 Å². The summed E-state index contributed by atoms with van der Waals surface area (Å²) in [5.41, 5.74) is 0.791. The van der Waals surface area contributed by atoms with Gasteiger partial charge >= 0.3 is 6.03 Å². The molecule has 3 N–H and O–H groups in total. The number of carbonyl (C=O) groups is 2. The highest BCUT2D eigenvalue weighted by atomic mass is 19.1. The molecule has 6 heteroatoms. The molecular weight excluding hydrogens is 285 g/mol. The van der Waals surface area contributed by atoms with Gasteiger partial charge in [-0.2, -0.15) is 0 Å². The van der Waals surface area contributed by atoms with Crippen LogP contribution in [0, 0.1) is 5.82 Å². The Hall–Kier alpha value is -2.11. The zero-order valence-electron chi connectivity index (χ0n) is 13.1. The minimum atomic E-state index is -0.537. The number of hydrogen-bond acceptors (Lipinski definition) is 2. The third-order valence-electron chi connectivity index (χ3n) is 3.11. The van der Waals surface area contributed by atoms with Gasteiger partial charge in [-0.25, -0.2) is 9.18 Å². The number of nitrogens with one attached hydrogen (secondary N) is 3. The highest BCUT2D eigenvalue weighted by Gasteiger charge is 2.19. The van der Waals surface area contributed by atoms with Gasteiger partial charge in [0.1, 0.15) is 11.9 Å². The Morgan fingerprint density at radius 2 is 1.77 bits per heavy atom. The molecule has 0 fully saturated rings. The van der Waals surface area contributed by atoms with Gasteiger partial charge in [-0.05, 0) is 30.5 Å². The third-order valence-corrected chi connectivity index (χ3v) is 3.11. The number of amides is 3. The van der Waals surface area contributed by atoms with Gasteiger partial charge in [-0.1, -0.05) is 32.4 Å². The second-order valence-corrected chi connectivity index (χ2v) is 5.09. The maximum Gasteiger partial charge on any atom is 0.315 e. The Bertz CT molecular complexity index is 477. The van der Waals surface area contributed by atoms with Crippen LogP contribution in [0.25, 0.3) is 0 Å². The summed E-state index contributed by atoms with van der Waals surface area (Å²) >= 11 is 0. The van der Waals surface area contributed by atoms with E-state index in [1.165, 1.54) is 12.1 Å². The molecular formula is C16H24FN3O2. The monoisotopic (exact) mass is 309 g/mol. The minimum absolute atomic E-state index is 0.166. The SMILES string of the molecule is CCCNC(=O)[C@@H](CCC)NC(=O)NCc1ccc(F)cc1. The van der Waals surface area contributed by atoms with Gasteiger partial charge in [0, 0.05) is 13.1 Å². The Kier molecular flexibility index (Phi) is 7.96. The van der Waals surface area contributed by atoms with E-state index in [9.17, 15) is 14.0 Å². The summed E-state index contributed by atoms with van der Waals surface area (Å²) in [5, 5.41) is 8.12. The fraction of sp³-hybridized carbons (Fsp3) is 0.500. The van der Waals surface area contributed by atoms with Crippen LogP contribution >= 0.6 is 0 Å². The summed E-state index contributed by atoms with van der Waals surface area (Å²) in [6.45, 7) is 4.80. The summed E-state index contributed by atoms with van der Waals surface area (Å²) in [7, 11) is 0. The largest absolute Gasteiger partial charge is 0.354 e. The first-order valence-corrected chi connectivity index (χ1v) is 7.63. The van der Waals surface area contributed by atoms with Gasteiger partial charge in [-0.3, -0.25) is 4.79 Å². The van der Waals surface area contributed by atoms with Gasteiger partial charge < -0.3 is 16.0 Å². The Morgan fingerprint density at radius 3 is 2.36 bits per heavy atom. The molecule has 1 atom stereocenters. The van der Waals surface area contributed by atoms with Crippen LogP contribution < -0.4 is 16.0 Å². The van der Waals surface area contributed by atoms with Crippen LogP contribution in [0.5, 0.6) is 0 Å². The van der Waals surface area contributed by atoms with E-state index < -0.39 is 12.1 Å². The van der Waals surface area contributed by atoms with Crippen LogP contribution in [-0.4, -0.2) is 24.5 Å². The summed E-state index contributed by atoms with van der Waals surface area (Å²) in [5.74, 6) is -0.482. The number of carbonyl (C=O) groups excluding carboxylic acids is 2. The Morgan fingerprint density at radius 1 is 1.09 bits per heavy atom. The Labute approximate surface area is 130 Å². The van der Waals surface area contributed by atoms with Crippen LogP contribution in [0.2, 0.25) is 0 Å². The number of benzene rings is 1. The first-order chi connectivity index (χ1) is 10.6. The van der Waals surface area contributed by atoms with E-state index in [1.54, 1.807) is 12.1 Å². The maximum absolute atomic E-state index is 12.8. The molecule has 0 heterocycles. The molecule has 122 valence electrons. The predicted octanol–water partition coefficient (Wildman–Crippen LogP) is 2.32. The predicted molar refractivity (Wildman–Crippen MR) is 83.8 cm³/mol. The average molecular weight is 309 g/mol. The lowest BCUT2D eigenvalue weighted by molar-refractivity contribution is -0.123. The van der Waals surface area contributed by atoms with E-state index in [0.717, 1.165) is 18.4 Å². The fourth-order valence-electron chi connectivity index (χ4n) is 1.92. The van der Waals surface area contributed by atoms with Crippen molar-refractivity contribution < 1.29 is 14.0 Å². The summed E-state index contributed by atoms with van der Waals surface area (Å²) in [6.07, 6.45) is 2.23. The van der Waals surface area contributed by atoms with E-state index in [2.05, 4.69) is 16.0 Å². The van der Waals surface area contributed by atoms with Gasteiger partial charge in [0.2, 0.25) is 5.91 Å². The lowest BCUT2D eigenvalue weighted by atomic mass is 10.1. The van der Waals surface area contributed by atoms with Crippen molar-refractivity contribution in [2.75, 3.05) is 6.54 Å². The zero-order valence-corrected chi connectivity index (χ0v) is 13.1. The van der Waals surface area contributed by atoms with E-state index in [0.29, 0.717) is 13.0 Å². The van der Waals surface area contributed by atoms with Gasteiger partial charge in [-0.15, -0.1) is 0 Å². The Balaban J connectivity index is 2.45. The standard InChI is InChI=1S/C16H24FN3O2/c1-3-5-14(15(21)18-10-4-2)20-16(22)19-11-12-6-8-13(17)9-7-12/h6-9,14H,3-5,10-11H2,1-2H3,(H,18,21)(H2,19,20,22)/t14-/m1/s1. The summed E-state index contributed by atoms with van der Waals surface area (Å²) in [6, 6.07) is 4.94. The highest BCUT2D eigenvalue weighted by Crippen LogP contribution is 2.02. The van der Waals surface area contributed by atoms with Crippen molar-refractivity contribution in [3.8, 4) is 0 Å². The van der Waals surface area contributed by atoms with Crippen molar-refractivity contribution >= 4 is 11.9 Å². The molecule has 0 saturated carbocycles. The molecule has 5 nitrogen and oxygen atoms in total. The van der Waals surface area contributed by atoms with Gasteiger partial charge in [0.05, 0.1) is 0 Å². The van der Waals surface area contributed by atoms with Crippen LogP contribution in [0.1, 0.15) is 38.7 Å². The molecule has 1 aromatic carbocycles. The van der Waals surface area contributed by atoms with Crippen molar-refractivity contribution in [1.82, 2.24) is 16.0 Å². The van der Waals surface area contributed by atoms with Crippen LogP contribution in [0.4, 0.5) is 9.18 Å². The molecule has 0 aliphatic rings. The number of rotatable bonds is 8. The van der Waals surface area contributed by atoms with E-state index in [4.69, 9.17) is 0 Å². The summed E-state index contributed by atoms with van der Waals surface area (Å²) < 4.78 is 12.8. The topological polar surface area (TPSA) is 70.2 Å². The highest BCUT2D eigenvalue weighted by molar-refractivity contribution is 5.86. The molecule has 0 bridgehead atoms. The number of urea groups is 1. The minimum Gasteiger partial charge on any atom is -0.354 e. The molecule has 3 amide bonds. The second-order valence-electron chi connectivity index (χ2n) is 5.09.